The van der Waals surface area contributed by atoms with Crippen molar-refractivity contribution in [2.45, 2.75) is 13.0 Å². The van der Waals surface area contributed by atoms with E-state index in [1.807, 2.05) is 6.07 Å². The first kappa shape index (κ1) is 12.1. The monoisotopic (exact) mass is 240 g/mol. The van der Waals surface area contributed by atoms with Crippen LogP contribution in [0.4, 0.5) is 0 Å². The Morgan fingerprint density at radius 3 is 2.61 bits per heavy atom. The number of nitrogens with zero attached hydrogens (tertiary/aromatic N) is 2. The Morgan fingerprint density at radius 1 is 1.28 bits per heavy atom. The van der Waals surface area contributed by atoms with Gasteiger partial charge in [-0.2, -0.15) is 5.26 Å². The van der Waals surface area contributed by atoms with E-state index in [-0.39, 0.29) is 0 Å². The number of hydrogen-bond acceptors (Lipinski definition) is 4. The van der Waals surface area contributed by atoms with E-state index in [1.54, 1.807) is 49.5 Å². The SMILES string of the molecule is C[C@@H](O)c1cccnc1Oc1ccc(C#N)cc1. The van der Waals surface area contributed by atoms with E-state index < -0.39 is 6.10 Å². The molecule has 0 saturated carbocycles. The minimum atomic E-state index is -0.646. The summed E-state index contributed by atoms with van der Waals surface area (Å²) >= 11 is 0. The fourth-order valence-corrected chi connectivity index (χ4v) is 1.52. The number of aliphatic hydroxyl groups excluding tert-OH is 1. The van der Waals surface area contributed by atoms with Crippen LogP contribution in [0.3, 0.4) is 0 Å². The van der Waals surface area contributed by atoms with Crippen LogP contribution in [0, 0.1) is 11.3 Å². The van der Waals surface area contributed by atoms with Gasteiger partial charge in [-0.1, -0.05) is 0 Å². The first-order chi connectivity index (χ1) is 8.70. The molecule has 0 aliphatic heterocycles. The minimum absolute atomic E-state index is 0.372. The van der Waals surface area contributed by atoms with Crippen molar-refractivity contribution >= 4 is 0 Å². The van der Waals surface area contributed by atoms with Crippen LogP contribution in [0.25, 0.3) is 0 Å². The molecule has 2 rings (SSSR count). The number of aliphatic hydroxyl groups is 1. The number of nitriles is 1. The van der Waals surface area contributed by atoms with E-state index in [0.29, 0.717) is 22.8 Å². The topological polar surface area (TPSA) is 66.1 Å². The molecule has 1 aromatic heterocycles. The molecule has 0 aliphatic rings. The first-order valence-corrected chi connectivity index (χ1v) is 5.51. The van der Waals surface area contributed by atoms with Crippen LogP contribution >= 0.6 is 0 Å². The summed E-state index contributed by atoms with van der Waals surface area (Å²) in [6.07, 6.45) is 0.956. The van der Waals surface area contributed by atoms with Crippen molar-refractivity contribution in [3.63, 3.8) is 0 Å². The summed E-state index contributed by atoms with van der Waals surface area (Å²) in [5, 5.41) is 18.3. The third-order valence-electron chi connectivity index (χ3n) is 2.45. The third kappa shape index (κ3) is 2.65. The highest BCUT2D eigenvalue weighted by atomic mass is 16.5. The van der Waals surface area contributed by atoms with E-state index in [2.05, 4.69) is 4.98 Å². The summed E-state index contributed by atoms with van der Waals surface area (Å²) in [5.41, 5.74) is 1.20. The van der Waals surface area contributed by atoms with Crippen LogP contribution in [-0.4, -0.2) is 10.1 Å². The summed E-state index contributed by atoms with van der Waals surface area (Å²) in [4.78, 5) is 4.09. The van der Waals surface area contributed by atoms with Crippen LogP contribution < -0.4 is 4.74 Å². The highest BCUT2D eigenvalue weighted by Crippen LogP contribution is 2.27. The van der Waals surface area contributed by atoms with Gasteiger partial charge in [-0.25, -0.2) is 4.98 Å². The van der Waals surface area contributed by atoms with Gasteiger partial charge in [-0.3, -0.25) is 0 Å². The molecular formula is C14H12N2O2. The molecule has 4 heteroatoms. The maximum absolute atomic E-state index is 9.60. The average molecular weight is 240 g/mol. The zero-order chi connectivity index (χ0) is 13.0. The smallest absolute Gasteiger partial charge is 0.225 e. The van der Waals surface area contributed by atoms with Gasteiger partial charge in [0, 0.05) is 11.8 Å². The number of aromatic nitrogens is 1. The molecule has 0 radical (unpaired) electrons. The third-order valence-corrected chi connectivity index (χ3v) is 2.45. The van der Waals surface area contributed by atoms with Gasteiger partial charge in [-0.15, -0.1) is 0 Å². The van der Waals surface area contributed by atoms with E-state index in [1.165, 1.54) is 0 Å². The molecule has 0 bridgehead atoms. The van der Waals surface area contributed by atoms with Crippen molar-refractivity contribution in [3.8, 4) is 17.7 Å². The predicted octanol–water partition coefficient (Wildman–Crippen LogP) is 2.80. The number of rotatable bonds is 3. The molecule has 0 unspecified atom stereocenters. The van der Waals surface area contributed by atoms with Gasteiger partial charge in [0.1, 0.15) is 5.75 Å². The lowest BCUT2D eigenvalue weighted by molar-refractivity contribution is 0.194. The molecule has 1 heterocycles. The summed E-state index contributed by atoms with van der Waals surface area (Å²) < 4.78 is 5.59. The fraction of sp³-hybridized carbons (Fsp3) is 0.143. The predicted molar refractivity (Wildman–Crippen MR) is 66.1 cm³/mol. The Balaban J connectivity index is 2.26. The van der Waals surface area contributed by atoms with E-state index in [0.717, 1.165) is 0 Å². The lowest BCUT2D eigenvalue weighted by Gasteiger charge is -2.11. The molecule has 18 heavy (non-hydrogen) atoms. The largest absolute Gasteiger partial charge is 0.439 e. The van der Waals surface area contributed by atoms with Crippen LogP contribution in [-0.2, 0) is 0 Å². The average Bonchev–Trinajstić information content (AvgIpc) is 2.40. The molecule has 0 amide bonds. The second kappa shape index (κ2) is 5.30. The Hall–Kier alpha value is -2.38. The Kier molecular flexibility index (Phi) is 3.56. The molecule has 1 N–H and O–H groups in total. The van der Waals surface area contributed by atoms with Gasteiger partial charge >= 0.3 is 0 Å². The molecule has 0 spiro atoms. The number of ether oxygens (including phenoxy) is 1. The van der Waals surface area contributed by atoms with Gasteiger partial charge in [0.05, 0.1) is 17.7 Å². The summed E-state index contributed by atoms with van der Waals surface area (Å²) in [6.45, 7) is 1.66. The van der Waals surface area contributed by atoms with Crippen molar-refractivity contribution in [1.29, 1.82) is 5.26 Å². The van der Waals surface area contributed by atoms with Crippen LogP contribution in [0.2, 0.25) is 0 Å². The zero-order valence-electron chi connectivity index (χ0n) is 9.87. The fourth-order valence-electron chi connectivity index (χ4n) is 1.52. The first-order valence-electron chi connectivity index (χ1n) is 5.51. The van der Waals surface area contributed by atoms with Crippen molar-refractivity contribution in [3.05, 3.63) is 53.7 Å². The van der Waals surface area contributed by atoms with Gasteiger partial charge in [0.25, 0.3) is 0 Å². The van der Waals surface area contributed by atoms with Crippen LogP contribution in [0.15, 0.2) is 42.6 Å². The quantitative estimate of drug-likeness (QED) is 0.895. The van der Waals surface area contributed by atoms with E-state index in [4.69, 9.17) is 10.00 Å². The summed E-state index contributed by atoms with van der Waals surface area (Å²) in [5.74, 6) is 0.951. The molecule has 4 nitrogen and oxygen atoms in total. The number of benzene rings is 1. The van der Waals surface area contributed by atoms with Gasteiger partial charge in [0.2, 0.25) is 5.88 Å². The van der Waals surface area contributed by atoms with Crippen molar-refractivity contribution in [2.75, 3.05) is 0 Å². The normalized spacial score (nSPS) is 11.6. The minimum Gasteiger partial charge on any atom is -0.439 e. The summed E-state index contributed by atoms with van der Waals surface area (Å²) in [6, 6.07) is 12.3. The van der Waals surface area contributed by atoms with Crippen LogP contribution in [0.1, 0.15) is 24.2 Å². The summed E-state index contributed by atoms with van der Waals surface area (Å²) in [7, 11) is 0. The van der Waals surface area contributed by atoms with Gasteiger partial charge < -0.3 is 9.84 Å². The Labute approximate surface area is 105 Å². The molecule has 90 valence electrons. The molecule has 0 fully saturated rings. The van der Waals surface area contributed by atoms with Gasteiger partial charge in [-0.05, 0) is 43.3 Å². The van der Waals surface area contributed by atoms with Crippen LogP contribution in [0.5, 0.6) is 11.6 Å². The lowest BCUT2D eigenvalue weighted by Crippen LogP contribution is -1.98. The molecule has 1 atom stereocenters. The second-order valence-electron chi connectivity index (χ2n) is 3.81. The molecule has 2 aromatic rings. The van der Waals surface area contributed by atoms with Crippen molar-refractivity contribution in [1.82, 2.24) is 4.98 Å². The number of pyridine rings is 1. The van der Waals surface area contributed by atoms with Crippen molar-refractivity contribution in [2.24, 2.45) is 0 Å². The van der Waals surface area contributed by atoms with Gasteiger partial charge in [0.15, 0.2) is 0 Å². The highest BCUT2D eigenvalue weighted by Gasteiger charge is 2.10. The number of hydrogen-bond donors (Lipinski definition) is 1. The Bertz CT molecular complexity index is 571. The van der Waals surface area contributed by atoms with E-state index in [9.17, 15) is 5.11 Å². The molecular weight excluding hydrogens is 228 g/mol. The second-order valence-corrected chi connectivity index (χ2v) is 3.81. The molecule has 0 aliphatic carbocycles. The maximum Gasteiger partial charge on any atom is 0.225 e. The molecule has 1 aromatic carbocycles. The Morgan fingerprint density at radius 2 is 2.00 bits per heavy atom. The standard InChI is InChI=1S/C14H12N2O2/c1-10(17)13-3-2-8-16-14(13)18-12-6-4-11(9-15)5-7-12/h2-8,10,17H,1H3/t10-/m1/s1. The maximum atomic E-state index is 9.60. The highest BCUT2D eigenvalue weighted by molar-refractivity contribution is 5.38. The van der Waals surface area contributed by atoms with Crippen molar-refractivity contribution < 1.29 is 9.84 Å². The zero-order valence-corrected chi connectivity index (χ0v) is 9.87. The molecule has 0 saturated heterocycles. The van der Waals surface area contributed by atoms with E-state index >= 15 is 0 Å². The lowest BCUT2D eigenvalue weighted by atomic mass is 10.2.